The second-order valence-electron chi connectivity index (χ2n) is 7.80. The molecule has 0 unspecified atom stereocenters. The van der Waals surface area contributed by atoms with E-state index in [1.54, 1.807) is 12.1 Å². The summed E-state index contributed by atoms with van der Waals surface area (Å²) in [6, 6.07) is 14.6. The van der Waals surface area contributed by atoms with Crippen LogP contribution in [0.15, 0.2) is 48.5 Å². The molecule has 0 aromatic heterocycles. The minimum absolute atomic E-state index is 0.0123. The van der Waals surface area contributed by atoms with Crippen LogP contribution >= 0.6 is 11.6 Å². The minimum Gasteiger partial charge on any atom is -0.368 e. The maximum Gasteiger partial charge on any atom is 0.292 e. The number of nitrogens with zero attached hydrogens (tertiary/aromatic N) is 4. The van der Waals surface area contributed by atoms with Gasteiger partial charge in [-0.3, -0.25) is 14.9 Å². The van der Waals surface area contributed by atoms with Gasteiger partial charge in [-0.2, -0.15) is 0 Å². The van der Waals surface area contributed by atoms with E-state index in [0.717, 1.165) is 36.6 Å². The van der Waals surface area contributed by atoms with Crippen LogP contribution in [0.25, 0.3) is 0 Å². The van der Waals surface area contributed by atoms with E-state index in [2.05, 4.69) is 4.90 Å². The molecule has 30 heavy (non-hydrogen) atoms. The van der Waals surface area contributed by atoms with Gasteiger partial charge in [0.2, 0.25) is 5.91 Å². The molecule has 0 N–H and O–H groups in total. The van der Waals surface area contributed by atoms with Crippen molar-refractivity contribution in [2.24, 2.45) is 5.92 Å². The smallest absolute Gasteiger partial charge is 0.292 e. The Balaban J connectivity index is 1.32. The number of amides is 1. The van der Waals surface area contributed by atoms with Gasteiger partial charge in [0.05, 0.1) is 4.92 Å². The third kappa shape index (κ3) is 4.36. The predicted molar refractivity (Wildman–Crippen MR) is 118 cm³/mol. The molecule has 0 saturated carbocycles. The van der Waals surface area contributed by atoms with Crippen molar-refractivity contribution in [1.29, 1.82) is 0 Å². The molecule has 0 radical (unpaired) electrons. The van der Waals surface area contributed by atoms with Gasteiger partial charge in [-0.15, -0.1) is 0 Å². The Bertz CT molecular complexity index is 922. The van der Waals surface area contributed by atoms with Crippen molar-refractivity contribution in [2.45, 2.75) is 12.8 Å². The number of benzene rings is 2. The average molecular weight is 429 g/mol. The van der Waals surface area contributed by atoms with Crippen molar-refractivity contribution in [3.8, 4) is 0 Å². The van der Waals surface area contributed by atoms with Gasteiger partial charge in [-0.1, -0.05) is 29.8 Å². The number of piperidine rings is 1. The second-order valence-corrected chi connectivity index (χ2v) is 8.24. The zero-order valence-corrected chi connectivity index (χ0v) is 17.5. The van der Waals surface area contributed by atoms with E-state index in [-0.39, 0.29) is 22.4 Å². The zero-order valence-electron chi connectivity index (χ0n) is 16.7. The molecule has 4 rings (SSSR count). The molecule has 0 aliphatic carbocycles. The molecule has 2 heterocycles. The molecule has 2 aliphatic heterocycles. The summed E-state index contributed by atoms with van der Waals surface area (Å²) in [4.78, 5) is 30.2. The van der Waals surface area contributed by atoms with Gasteiger partial charge in [0.1, 0.15) is 5.69 Å². The molecule has 2 aromatic rings. The van der Waals surface area contributed by atoms with Crippen molar-refractivity contribution in [2.75, 3.05) is 49.1 Å². The van der Waals surface area contributed by atoms with Gasteiger partial charge in [-0.25, -0.2) is 0 Å². The Labute approximate surface area is 181 Å². The normalized spacial score (nSPS) is 17.8. The lowest BCUT2D eigenvalue weighted by Crippen LogP contribution is -2.51. The van der Waals surface area contributed by atoms with E-state index >= 15 is 0 Å². The number of hydrogen-bond donors (Lipinski definition) is 0. The number of piperazine rings is 1. The highest BCUT2D eigenvalue weighted by molar-refractivity contribution is 6.30. The first-order chi connectivity index (χ1) is 14.5. The van der Waals surface area contributed by atoms with Crippen molar-refractivity contribution in [1.82, 2.24) is 4.90 Å². The third-order valence-corrected chi connectivity index (χ3v) is 6.26. The number of nitro benzene ring substituents is 1. The van der Waals surface area contributed by atoms with Gasteiger partial charge in [-0.05, 0) is 37.1 Å². The summed E-state index contributed by atoms with van der Waals surface area (Å²) < 4.78 is 0. The predicted octanol–water partition coefficient (Wildman–Crippen LogP) is 3.81. The number of carbonyl (C=O) groups is 1. The number of halogens is 1. The van der Waals surface area contributed by atoms with Crippen LogP contribution < -0.4 is 9.80 Å². The van der Waals surface area contributed by atoms with Crippen LogP contribution in [0.5, 0.6) is 0 Å². The monoisotopic (exact) mass is 428 g/mol. The molecule has 2 fully saturated rings. The molecule has 158 valence electrons. The topological polar surface area (TPSA) is 69.9 Å². The van der Waals surface area contributed by atoms with E-state index in [9.17, 15) is 14.9 Å². The van der Waals surface area contributed by atoms with E-state index in [1.165, 1.54) is 6.07 Å². The van der Waals surface area contributed by atoms with Crippen molar-refractivity contribution in [3.05, 3.63) is 63.7 Å². The highest BCUT2D eigenvalue weighted by Gasteiger charge is 2.32. The Morgan fingerprint density at radius 3 is 2.30 bits per heavy atom. The standard InChI is InChI=1S/C22H25ClN4O3/c23-18-4-3-5-19(16-18)24-12-14-26(15-13-24)22(28)17-8-10-25(11-9-17)20-6-1-2-7-21(20)27(29)30/h1-7,16-17H,8-15H2. The Hall–Kier alpha value is -2.80. The molecule has 0 atom stereocenters. The molecular weight excluding hydrogens is 404 g/mol. The first-order valence-corrected chi connectivity index (χ1v) is 10.7. The van der Waals surface area contributed by atoms with Gasteiger partial charge in [0, 0.05) is 62.0 Å². The highest BCUT2D eigenvalue weighted by atomic mass is 35.5. The summed E-state index contributed by atoms with van der Waals surface area (Å²) >= 11 is 6.10. The fourth-order valence-electron chi connectivity index (χ4n) is 4.37. The van der Waals surface area contributed by atoms with Gasteiger partial charge < -0.3 is 14.7 Å². The third-order valence-electron chi connectivity index (χ3n) is 6.03. The summed E-state index contributed by atoms with van der Waals surface area (Å²) in [5.74, 6) is 0.199. The number of carbonyl (C=O) groups excluding carboxylic acids is 1. The number of para-hydroxylation sites is 2. The average Bonchev–Trinajstić information content (AvgIpc) is 2.79. The van der Waals surface area contributed by atoms with Crippen LogP contribution in [0.2, 0.25) is 5.02 Å². The van der Waals surface area contributed by atoms with Gasteiger partial charge in [0.25, 0.3) is 5.69 Å². The fourth-order valence-corrected chi connectivity index (χ4v) is 4.55. The lowest BCUT2D eigenvalue weighted by molar-refractivity contribution is -0.384. The molecule has 2 aromatic carbocycles. The molecule has 0 spiro atoms. The number of hydrogen-bond acceptors (Lipinski definition) is 5. The van der Waals surface area contributed by atoms with Gasteiger partial charge in [0.15, 0.2) is 0 Å². The SMILES string of the molecule is O=C(C1CCN(c2ccccc2[N+](=O)[O-])CC1)N1CCN(c2cccc(Cl)c2)CC1. The lowest BCUT2D eigenvalue weighted by Gasteiger charge is -2.39. The van der Waals surface area contributed by atoms with Gasteiger partial charge >= 0.3 is 0 Å². The van der Waals surface area contributed by atoms with Crippen molar-refractivity contribution >= 4 is 34.6 Å². The molecule has 1 amide bonds. The summed E-state index contributed by atoms with van der Waals surface area (Å²) in [5, 5.41) is 12.0. The van der Waals surface area contributed by atoms with Crippen LogP contribution in [-0.4, -0.2) is 55.0 Å². The number of rotatable bonds is 4. The lowest BCUT2D eigenvalue weighted by atomic mass is 9.94. The van der Waals surface area contributed by atoms with Crippen molar-refractivity contribution < 1.29 is 9.72 Å². The van der Waals surface area contributed by atoms with E-state index in [4.69, 9.17) is 11.6 Å². The summed E-state index contributed by atoms with van der Waals surface area (Å²) in [6.07, 6.45) is 1.44. The Morgan fingerprint density at radius 2 is 1.63 bits per heavy atom. The molecular formula is C22H25ClN4O3. The molecule has 2 aliphatic rings. The first kappa shape index (κ1) is 20.5. The number of anilines is 2. The molecule has 7 nitrogen and oxygen atoms in total. The second kappa shape index (κ2) is 8.92. The van der Waals surface area contributed by atoms with Crippen LogP contribution in [0.1, 0.15) is 12.8 Å². The summed E-state index contributed by atoms with van der Waals surface area (Å²) in [7, 11) is 0. The maximum absolute atomic E-state index is 13.0. The Morgan fingerprint density at radius 1 is 0.933 bits per heavy atom. The van der Waals surface area contributed by atoms with E-state index in [1.807, 2.05) is 40.1 Å². The maximum atomic E-state index is 13.0. The summed E-state index contributed by atoms with van der Waals surface area (Å²) in [5.41, 5.74) is 1.86. The largest absolute Gasteiger partial charge is 0.368 e. The van der Waals surface area contributed by atoms with Crippen LogP contribution in [-0.2, 0) is 4.79 Å². The summed E-state index contributed by atoms with van der Waals surface area (Å²) in [6.45, 7) is 4.31. The molecule has 8 heteroatoms. The molecule has 2 saturated heterocycles. The minimum atomic E-state index is -0.341. The quantitative estimate of drug-likeness (QED) is 0.547. The van der Waals surface area contributed by atoms with E-state index < -0.39 is 0 Å². The van der Waals surface area contributed by atoms with E-state index in [0.29, 0.717) is 31.9 Å². The fraction of sp³-hybridized carbons (Fsp3) is 0.409. The molecule has 0 bridgehead atoms. The first-order valence-electron chi connectivity index (χ1n) is 10.3. The van der Waals surface area contributed by atoms with Crippen LogP contribution in [0.3, 0.4) is 0 Å². The van der Waals surface area contributed by atoms with Crippen LogP contribution in [0.4, 0.5) is 17.1 Å². The Kier molecular flexibility index (Phi) is 6.08. The number of nitro groups is 1. The van der Waals surface area contributed by atoms with Crippen LogP contribution in [0, 0.1) is 16.0 Å². The van der Waals surface area contributed by atoms with Crippen molar-refractivity contribution in [3.63, 3.8) is 0 Å². The zero-order chi connectivity index (χ0) is 21.1. The highest BCUT2D eigenvalue weighted by Crippen LogP contribution is 2.32.